The third-order valence-electron chi connectivity index (χ3n) is 9.37. The number of carbonyl (C=O) groups excluding carboxylic acids is 2. The molecule has 14 heteroatoms. The van der Waals surface area contributed by atoms with E-state index >= 15 is 0 Å². The van der Waals surface area contributed by atoms with Gasteiger partial charge in [0.1, 0.15) is 29.4 Å². The van der Waals surface area contributed by atoms with Crippen LogP contribution in [-0.4, -0.2) is 75.3 Å². The maximum Gasteiger partial charge on any atom is 0.407 e. The van der Waals surface area contributed by atoms with Gasteiger partial charge in [-0.1, -0.05) is 56.0 Å². The molecule has 0 bridgehead atoms. The van der Waals surface area contributed by atoms with Gasteiger partial charge in [0.25, 0.3) is 0 Å². The van der Waals surface area contributed by atoms with Gasteiger partial charge in [0, 0.05) is 39.9 Å². The number of alkyl carbamates (subject to hydrolysis) is 1. The second-order valence-electron chi connectivity index (χ2n) is 18.0. The lowest BCUT2D eigenvalue weighted by Gasteiger charge is -2.29. The maximum absolute atomic E-state index is 12.4. The van der Waals surface area contributed by atoms with Crippen LogP contribution in [0.4, 0.5) is 16.6 Å². The Labute approximate surface area is 333 Å². The highest BCUT2D eigenvalue weighted by Gasteiger charge is 2.27. The maximum atomic E-state index is 12.4. The Kier molecular flexibility index (Phi) is 14.1. The van der Waals surface area contributed by atoms with Gasteiger partial charge in [-0.25, -0.2) is 19.4 Å². The molecule has 3 aromatic heterocycles. The van der Waals surface area contributed by atoms with Crippen molar-refractivity contribution in [3.8, 4) is 11.4 Å². The predicted molar refractivity (Wildman–Crippen MR) is 224 cm³/mol. The van der Waals surface area contributed by atoms with Gasteiger partial charge in [0.15, 0.2) is 5.65 Å². The van der Waals surface area contributed by atoms with E-state index in [0.717, 1.165) is 42.7 Å². The van der Waals surface area contributed by atoms with Gasteiger partial charge >= 0.3 is 12.1 Å². The molecule has 13 nitrogen and oxygen atoms in total. The monoisotopic (exact) mass is 786 g/mol. The number of anilines is 2. The van der Waals surface area contributed by atoms with E-state index in [1.165, 1.54) is 0 Å². The molecule has 0 aliphatic heterocycles. The number of hydrogen-bond donors (Lipinski definition) is 3. The molecule has 304 valence electrons. The van der Waals surface area contributed by atoms with Crippen LogP contribution in [0.3, 0.4) is 0 Å². The molecule has 0 radical (unpaired) electrons. The second kappa shape index (κ2) is 18.6. The van der Waals surface area contributed by atoms with Gasteiger partial charge < -0.3 is 30.2 Å². The average molecular weight is 787 g/mol. The van der Waals surface area contributed by atoms with Crippen molar-refractivity contribution in [3.63, 3.8) is 0 Å². The summed E-state index contributed by atoms with van der Waals surface area (Å²) in [6.07, 6.45) is 6.15. The van der Waals surface area contributed by atoms with E-state index < -0.39 is 25.4 Å². The topological polar surface area (TPSA) is 154 Å². The molecule has 4 aromatic rings. The first-order chi connectivity index (χ1) is 26.4. The van der Waals surface area contributed by atoms with Crippen molar-refractivity contribution in [3.05, 3.63) is 60.3 Å². The predicted octanol–water partition coefficient (Wildman–Crippen LogP) is 8.97. The number of amides is 1. The zero-order valence-corrected chi connectivity index (χ0v) is 35.8. The molecule has 1 fully saturated rings. The molecule has 1 unspecified atom stereocenters. The highest BCUT2D eigenvalue weighted by molar-refractivity contribution is 6.76. The van der Waals surface area contributed by atoms with Crippen LogP contribution < -0.4 is 16.0 Å². The molecular formula is C42H62N8O5Si. The summed E-state index contributed by atoms with van der Waals surface area (Å²) >= 11 is 0. The summed E-state index contributed by atoms with van der Waals surface area (Å²) in [6, 6.07) is 17.0. The molecule has 56 heavy (non-hydrogen) atoms. The molecule has 1 atom stereocenters. The van der Waals surface area contributed by atoms with E-state index in [-0.39, 0.29) is 24.8 Å². The number of aromatic nitrogens is 5. The minimum atomic E-state index is -1.28. The van der Waals surface area contributed by atoms with Crippen LogP contribution in [0.25, 0.3) is 22.4 Å². The quantitative estimate of drug-likeness (QED) is 0.0566. The number of rotatable bonds is 16. The molecule has 1 aliphatic rings. The van der Waals surface area contributed by atoms with E-state index in [9.17, 15) is 9.59 Å². The Morgan fingerprint density at radius 1 is 0.911 bits per heavy atom. The van der Waals surface area contributed by atoms with E-state index in [1.807, 2.05) is 84.1 Å². The number of esters is 1. The minimum absolute atomic E-state index is 0.127. The van der Waals surface area contributed by atoms with Crippen LogP contribution >= 0.6 is 0 Å². The first-order valence-electron chi connectivity index (χ1n) is 20.0. The summed E-state index contributed by atoms with van der Waals surface area (Å²) in [7, 11) is -1.28. The normalized spacial score (nSPS) is 16.9. The van der Waals surface area contributed by atoms with E-state index in [2.05, 4.69) is 47.7 Å². The number of benzene rings is 1. The van der Waals surface area contributed by atoms with Crippen molar-refractivity contribution in [2.24, 2.45) is 5.92 Å². The summed E-state index contributed by atoms with van der Waals surface area (Å²) in [5.41, 5.74) is 2.03. The number of pyridine rings is 1. The number of carbonyl (C=O) groups is 2. The van der Waals surface area contributed by atoms with Crippen molar-refractivity contribution in [2.75, 3.05) is 23.8 Å². The fourth-order valence-electron chi connectivity index (χ4n) is 6.61. The molecule has 3 heterocycles. The van der Waals surface area contributed by atoms with Crippen molar-refractivity contribution >= 4 is 42.9 Å². The zero-order chi connectivity index (χ0) is 40.5. The van der Waals surface area contributed by atoms with Crippen LogP contribution in [0.1, 0.15) is 91.7 Å². The SMILES string of the molecule is CC(C)(C)OC(=O)CC1CCC(Nc2ncc3c(-c4cccc(NC(CCNC(=O)OC(C)(C)C)c5ccccc5)n4)nn(COCC[Si](C)(C)C)c3n2)CC1. The van der Waals surface area contributed by atoms with Crippen LogP contribution in [0.15, 0.2) is 54.7 Å². The largest absolute Gasteiger partial charge is 0.460 e. The summed E-state index contributed by atoms with van der Waals surface area (Å²) in [4.78, 5) is 39.5. The summed E-state index contributed by atoms with van der Waals surface area (Å²) in [5.74, 6) is 1.40. The number of hydrogen-bond acceptors (Lipinski definition) is 11. The molecule has 0 saturated heterocycles. The first-order valence-corrected chi connectivity index (χ1v) is 23.7. The standard InChI is InChI=1S/C42H62N8O5Si/c1-41(2,3)54-36(51)26-29-18-20-31(21-19-29)45-39-44-27-32-37(49-50(38(32)48-39)28-53-24-25-56(7,8)9)34-16-13-17-35(47-34)46-33(30-14-11-10-12-15-30)22-23-43-40(52)55-42(4,5)6/h10-17,27,29,31,33H,18-26,28H2,1-9H3,(H,43,52)(H,46,47)(H,44,45,48). The lowest BCUT2D eigenvalue weighted by atomic mass is 9.84. The van der Waals surface area contributed by atoms with Crippen LogP contribution in [0.2, 0.25) is 25.7 Å². The van der Waals surface area contributed by atoms with Crippen LogP contribution in [0.5, 0.6) is 0 Å². The summed E-state index contributed by atoms with van der Waals surface area (Å²) in [6.45, 7) is 19.6. The fraction of sp³-hybridized carbons (Fsp3) is 0.571. The first kappa shape index (κ1) is 42.6. The highest BCUT2D eigenvalue weighted by Crippen LogP contribution is 2.31. The van der Waals surface area contributed by atoms with Crippen molar-refractivity contribution in [1.29, 1.82) is 0 Å². The van der Waals surface area contributed by atoms with Gasteiger partial charge in [-0.2, -0.15) is 10.1 Å². The number of nitrogens with one attached hydrogen (secondary N) is 3. The smallest absolute Gasteiger partial charge is 0.407 e. The third kappa shape index (κ3) is 13.6. The Morgan fingerprint density at radius 2 is 1.62 bits per heavy atom. The Hall–Kier alpha value is -4.56. The third-order valence-corrected chi connectivity index (χ3v) is 11.1. The van der Waals surface area contributed by atoms with Crippen molar-refractivity contribution in [2.45, 2.75) is 136 Å². The van der Waals surface area contributed by atoms with Gasteiger partial charge in [-0.3, -0.25) is 4.79 Å². The highest BCUT2D eigenvalue weighted by atomic mass is 28.3. The Bertz CT molecular complexity index is 1890. The lowest BCUT2D eigenvalue weighted by molar-refractivity contribution is -0.156. The molecule has 1 aromatic carbocycles. The van der Waals surface area contributed by atoms with E-state index in [0.29, 0.717) is 60.7 Å². The summed E-state index contributed by atoms with van der Waals surface area (Å²) in [5, 5.41) is 15.8. The zero-order valence-electron chi connectivity index (χ0n) is 34.8. The minimum Gasteiger partial charge on any atom is -0.460 e. The van der Waals surface area contributed by atoms with Crippen LogP contribution in [0, 0.1) is 5.92 Å². The van der Waals surface area contributed by atoms with Gasteiger partial charge in [-0.05, 0) is 103 Å². The Morgan fingerprint density at radius 3 is 2.30 bits per heavy atom. The van der Waals surface area contributed by atoms with Gasteiger partial charge in [-0.15, -0.1) is 0 Å². The van der Waals surface area contributed by atoms with Gasteiger partial charge in [0.05, 0.1) is 17.1 Å². The fourth-order valence-corrected chi connectivity index (χ4v) is 7.37. The summed E-state index contributed by atoms with van der Waals surface area (Å²) < 4.78 is 19.0. The van der Waals surface area contributed by atoms with E-state index in [1.54, 1.807) is 4.68 Å². The average Bonchev–Trinajstić information content (AvgIpc) is 3.47. The number of fused-ring (bicyclic) bond motifs is 1. The molecule has 1 amide bonds. The molecule has 1 saturated carbocycles. The van der Waals surface area contributed by atoms with Crippen molar-refractivity contribution < 1.29 is 23.8 Å². The van der Waals surface area contributed by atoms with E-state index in [4.69, 9.17) is 34.3 Å². The van der Waals surface area contributed by atoms with Gasteiger partial charge in [0.2, 0.25) is 5.95 Å². The molecular weight excluding hydrogens is 725 g/mol. The Balaban J connectivity index is 1.33. The molecule has 3 N–H and O–H groups in total. The second-order valence-corrected chi connectivity index (χ2v) is 23.6. The lowest BCUT2D eigenvalue weighted by Crippen LogP contribution is -2.33. The molecule has 5 rings (SSSR count). The van der Waals surface area contributed by atoms with Crippen molar-refractivity contribution in [1.82, 2.24) is 30.0 Å². The molecule has 0 spiro atoms. The van der Waals surface area contributed by atoms with Crippen LogP contribution in [-0.2, 0) is 25.7 Å². The number of ether oxygens (including phenoxy) is 3. The number of nitrogens with zero attached hydrogens (tertiary/aromatic N) is 5. The molecule has 1 aliphatic carbocycles.